The monoisotopic (exact) mass is 460 g/mol. The lowest BCUT2D eigenvalue weighted by Gasteiger charge is -2.12. The molecule has 3 heterocycles. The van der Waals surface area contributed by atoms with Crippen molar-refractivity contribution in [3.8, 4) is 34.5 Å². The van der Waals surface area contributed by atoms with Crippen molar-refractivity contribution in [1.29, 1.82) is 0 Å². The molecule has 0 bridgehead atoms. The number of aryl methyl sites for hydroxylation is 1. The first kappa shape index (κ1) is 22.0. The lowest BCUT2D eigenvalue weighted by Crippen LogP contribution is -2.14. The molecule has 0 saturated carbocycles. The van der Waals surface area contributed by atoms with Gasteiger partial charge in [0.05, 0.1) is 22.9 Å². The summed E-state index contributed by atoms with van der Waals surface area (Å²) in [7, 11) is 1.50. The van der Waals surface area contributed by atoms with Crippen LogP contribution in [-0.4, -0.2) is 34.6 Å². The highest BCUT2D eigenvalue weighted by molar-refractivity contribution is 7.22. The van der Waals surface area contributed by atoms with Gasteiger partial charge in [-0.1, -0.05) is 17.3 Å². The van der Waals surface area contributed by atoms with Crippen molar-refractivity contribution in [2.24, 2.45) is 0 Å². The quantitative estimate of drug-likeness (QED) is 0.421. The van der Waals surface area contributed by atoms with Crippen LogP contribution in [0, 0.1) is 18.8 Å². The molecule has 1 aromatic carbocycles. The minimum Gasteiger partial charge on any atom is -0.495 e. The first-order chi connectivity index (χ1) is 16.0. The minimum absolute atomic E-state index is 0.296. The number of carbonyl (C=O) groups is 1. The molecule has 1 amide bonds. The summed E-state index contributed by atoms with van der Waals surface area (Å²) in [6, 6.07) is 8.67. The molecule has 166 valence electrons. The van der Waals surface area contributed by atoms with E-state index in [4.69, 9.17) is 9.47 Å². The molecule has 0 saturated heterocycles. The highest BCUT2D eigenvalue weighted by Gasteiger charge is 2.19. The number of ether oxygens (including phenoxy) is 2. The van der Waals surface area contributed by atoms with E-state index in [2.05, 4.69) is 32.1 Å². The van der Waals surface area contributed by atoms with Crippen LogP contribution in [0.4, 0.5) is 5.13 Å². The third-order valence-electron chi connectivity index (χ3n) is 4.75. The molecule has 0 aliphatic rings. The zero-order valence-corrected chi connectivity index (χ0v) is 19.0. The summed E-state index contributed by atoms with van der Waals surface area (Å²) in [5.74, 6) is 6.32. The molecule has 0 spiro atoms. The number of rotatable bonds is 6. The molecular formula is C24H20N4O4S. The number of carbonyl (C=O) groups excluding carboxylic acids is 1. The summed E-state index contributed by atoms with van der Waals surface area (Å²) in [5.41, 5.74) is 2.43. The Hall–Kier alpha value is -4.16. The number of H-pyrrole nitrogens is 1. The van der Waals surface area contributed by atoms with E-state index in [1.165, 1.54) is 36.9 Å². The topological polar surface area (TPSA) is 106 Å². The van der Waals surface area contributed by atoms with Crippen LogP contribution in [0.1, 0.15) is 23.0 Å². The molecule has 2 N–H and O–H groups in total. The minimum atomic E-state index is -0.395. The molecule has 0 atom stereocenters. The maximum absolute atomic E-state index is 13.2. The Kier molecular flexibility index (Phi) is 6.38. The average Bonchev–Trinajstić information content (AvgIpc) is 3.20. The number of benzene rings is 1. The molecule has 0 aliphatic carbocycles. The summed E-state index contributed by atoms with van der Waals surface area (Å²) in [4.78, 5) is 36.5. The Morgan fingerprint density at radius 1 is 1.24 bits per heavy atom. The standard InChI is InChI=1S/C24H20N4O4S/c1-4-5-8-32-15-6-7-21-19(10-15)27-24(33-21)28-23(30)18-12-25-14(2)9-16(18)17-11-22(29)26-13-20(17)31-3/h6-7,9-13H,8H2,1-3H3,(H,26,29)(H,27,28,30). The molecule has 0 unspecified atom stereocenters. The highest BCUT2D eigenvalue weighted by Crippen LogP contribution is 2.33. The number of amides is 1. The van der Waals surface area contributed by atoms with Crippen molar-refractivity contribution in [3.05, 3.63) is 64.3 Å². The maximum Gasteiger partial charge on any atom is 0.259 e. The molecule has 8 nitrogen and oxygen atoms in total. The van der Waals surface area contributed by atoms with Crippen LogP contribution in [0.5, 0.6) is 11.5 Å². The Labute approximate surface area is 193 Å². The summed E-state index contributed by atoms with van der Waals surface area (Å²) in [5, 5.41) is 3.27. The first-order valence-corrected chi connectivity index (χ1v) is 10.8. The van der Waals surface area contributed by atoms with Crippen LogP contribution in [0.25, 0.3) is 21.3 Å². The number of aromatic amines is 1. The highest BCUT2D eigenvalue weighted by atomic mass is 32.1. The lowest BCUT2D eigenvalue weighted by atomic mass is 10.0. The average molecular weight is 461 g/mol. The van der Waals surface area contributed by atoms with Crippen molar-refractivity contribution in [2.75, 3.05) is 19.0 Å². The maximum atomic E-state index is 13.2. The Morgan fingerprint density at radius 2 is 2.09 bits per heavy atom. The van der Waals surface area contributed by atoms with E-state index in [-0.39, 0.29) is 5.56 Å². The van der Waals surface area contributed by atoms with Gasteiger partial charge in [0.1, 0.15) is 18.1 Å². The molecule has 0 radical (unpaired) electrons. The van der Waals surface area contributed by atoms with Gasteiger partial charge in [-0.15, -0.1) is 5.92 Å². The number of fused-ring (bicyclic) bond motifs is 1. The number of thiazole rings is 1. The van der Waals surface area contributed by atoms with E-state index in [0.717, 1.165) is 4.70 Å². The van der Waals surface area contributed by atoms with Crippen LogP contribution in [0.2, 0.25) is 0 Å². The van der Waals surface area contributed by atoms with Crippen LogP contribution < -0.4 is 20.3 Å². The van der Waals surface area contributed by atoms with Gasteiger partial charge in [0.25, 0.3) is 5.91 Å². The van der Waals surface area contributed by atoms with Crippen molar-refractivity contribution in [3.63, 3.8) is 0 Å². The summed E-state index contributed by atoms with van der Waals surface area (Å²) in [6.07, 6.45) is 2.95. The number of nitrogens with one attached hydrogen (secondary N) is 2. The van der Waals surface area contributed by atoms with Crippen LogP contribution in [0.15, 0.2) is 47.5 Å². The zero-order valence-electron chi connectivity index (χ0n) is 18.2. The van der Waals surface area contributed by atoms with E-state index in [1.807, 2.05) is 19.1 Å². The van der Waals surface area contributed by atoms with Crippen molar-refractivity contribution < 1.29 is 14.3 Å². The van der Waals surface area contributed by atoms with Crippen molar-refractivity contribution >= 4 is 32.6 Å². The number of hydrogen-bond donors (Lipinski definition) is 2. The van der Waals surface area contributed by atoms with Gasteiger partial charge in [-0.05, 0) is 32.0 Å². The summed E-state index contributed by atoms with van der Waals surface area (Å²) < 4.78 is 11.9. The second-order valence-corrected chi connectivity index (χ2v) is 8.00. The fourth-order valence-electron chi connectivity index (χ4n) is 3.21. The molecule has 3 aromatic heterocycles. The van der Waals surface area contributed by atoms with Gasteiger partial charge in [0, 0.05) is 41.3 Å². The van der Waals surface area contributed by atoms with E-state index in [1.54, 1.807) is 19.1 Å². The third kappa shape index (κ3) is 4.86. The fourth-order valence-corrected chi connectivity index (χ4v) is 4.05. The molecule has 0 fully saturated rings. The predicted octanol–water partition coefficient (Wildman–Crippen LogP) is 4.02. The van der Waals surface area contributed by atoms with Gasteiger partial charge >= 0.3 is 0 Å². The van der Waals surface area contributed by atoms with Gasteiger partial charge in [-0.25, -0.2) is 4.98 Å². The number of hydrogen-bond acceptors (Lipinski definition) is 7. The molecular weight excluding hydrogens is 440 g/mol. The Bertz CT molecular complexity index is 1460. The van der Waals surface area contributed by atoms with Gasteiger partial charge in [-0.3, -0.25) is 19.9 Å². The molecule has 33 heavy (non-hydrogen) atoms. The molecule has 0 aliphatic heterocycles. The fraction of sp³-hybridized carbons (Fsp3) is 0.167. The van der Waals surface area contributed by atoms with Gasteiger partial charge < -0.3 is 14.5 Å². The molecule has 4 rings (SSSR count). The Balaban J connectivity index is 1.65. The number of anilines is 1. The number of aromatic nitrogens is 3. The van der Waals surface area contributed by atoms with E-state index >= 15 is 0 Å². The van der Waals surface area contributed by atoms with Crippen molar-refractivity contribution in [1.82, 2.24) is 15.0 Å². The summed E-state index contributed by atoms with van der Waals surface area (Å²) >= 11 is 1.35. The van der Waals surface area contributed by atoms with Crippen LogP contribution >= 0.6 is 11.3 Å². The zero-order chi connectivity index (χ0) is 23.4. The summed E-state index contributed by atoms with van der Waals surface area (Å²) in [6.45, 7) is 3.86. The van der Waals surface area contributed by atoms with Gasteiger partial charge in [0.15, 0.2) is 5.13 Å². The normalized spacial score (nSPS) is 10.4. The van der Waals surface area contributed by atoms with Gasteiger partial charge in [-0.2, -0.15) is 0 Å². The third-order valence-corrected chi connectivity index (χ3v) is 5.70. The lowest BCUT2D eigenvalue weighted by molar-refractivity contribution is 0.102. The first-order valence-electron chi connectivity index (χ1n) is 9.96. The van der Waals surface area contributed by atoms with E-state index < -0.39 is 5.91 Å². The number of methoxy groups -OCH3 is 1. The van der Waals surface area contributed by atoms with Crippen molar-refractivity contribution in [2.45, 2.75) is 13.8 Å². The van der Waals surface area contributed by atoms with Crippen LogP contribution in [0.3, 0.4) is 0 Å². The van der Waals surface area contributed by atoms with Crippen LogP contribution in [-0.2, 0) is 0 Å². The second-order valence-electron chi connectivity index (χ2n) is 6.97. The number of pyridine rings is 2. The molecule has 9 heteroatoms. The molecule has 4 aromatic rings. The largest absolute Gasteiger partial charge is 0.495 e. The van der Waals surface area contributed by atoms with E-state index in [0.29, 0.717) is 51.1 Å². The van der Waals surface area contributed by atoms with Gasteiger partial charge in [0.2, 0.25) is 5.56 Å². The predicted molar refractivity (Wildman–Crippen MR) is 128 cm³/mol. The number of nitrogens with zero attached hydrogens (tertiary/aromatic N) is 2. The Morgan fingerprint density at radius 3 is 2.88 bits per heavy atom. The van der Waals surface area contributed by atoms with E-state index in [9.17, 15) is 9.59 Å². The SMILES string of the molecule is CC#CCOc1ccc2sc(NC(=O)c3cnc(C)cc3-c3cc(=O)[nH]cc3OC)nc2c1. The smallest absolute Gasteiger partial charge is 0.259 e. The second kappa shape index (κ2) is 9.54.